The smallest absolute Gasteiger partial charge is 0.411 e. The number of carbonyl (C=O) groups is 2. The van der Waals surface area contributed by atoms with Crippen LogP contribution in [0.15, 0.2) is 30.3 Å². The van der Waals surface area contributed by atoms with E-state index in [1.807, 2.05) is 69.9 Å². The van der Waals surface area contributed by atoms with Gasteiger partial charge < -0.3 is 4.74 Å². The second-order valence-electron chi connectivity index (χ2n) is 8.35. The Hall–Kier alpha value is -1.84. The van der Waals surface area contributed by atoms with Crippen molar-refractivity contribution >= 4 is 11.9 Å². The summed E-state index contributed by atoms with van der Waals surface area (Å²) in [4.78, 5) is 27.8. The third-order valence-electron chi connectivity index (χ3n) is 5.48. The van der Waals surface area contributed by atoms with Crippen molar-refractivity contribution in [3.63, 3.8) is 0 Å². The van der Waals surface area contributed by atoms with Crippen LogP contribution in [0.4, 0.5) is 4.79 Å². The molecule has 130 valence electrons. The second-order valence-corrected chi connectivity index (χ2v) is 8.35. The van der Waals surface area contributed by atoms with E-state index in [1.165, 1.54) is 0 Å². The molecule has 2 bridgehead atoms. The number of piperidine rings is 1. The van der Waals surface area contributed by atoms with Gasteiger partial charge in [0.25, 0.3) is 0 Å². The molecule has 3 rings (SSSR count). The molecule has 4 atom stereocenters. The molecule has 2 heterocycles. The Morgan fingerprint density at radius 2 is 1.88 bits per heavy atom. The molecule has 0 spiro atoms. The van der Waals surface area contributed by atoms with E-state index in [2.05, 4.69) is 0 Å². The molecule has 1 amide bonds. The summed E-state index contributed by atoms with van der Waals surface area (Å²) in [5.41, 5.74) is -0.0663. The summed E-state index contributed by atoms with van der Waals surface area (Å²) in [6.07, 6.45) is 1.38. The average molecular weight is 329 g/mol. The van der Waals surface area contributed by atoms with Gasteiger partial charge in [0.2, 0.25) is 0 Å². The van der Waals surface area contributed by atoms with Crippen molar-refractivity contribution in [2.75, 3.05) is 0 Å². The predicted octanol–water partition coefficient (Wildman–Crippen LogP) is 4.15. The van der Waals surface area contributed by atoms with Crippen molar-refractivity contribution in [1.29, 1.82) is 0 Å². The van der Waals surface area contributed by atoms with Gasteiger partial charge in [0.05, 0.1) is 11.5 Å². The molecule has 1 aromatic carbocycles. The lowest BCUT2D eigenvalue weighted by Crippen LogP contribution is -2.62. The first kappa shape index (κ1) is 17.0. The van der Waals surface area contributed by atoms with E-state index in [0.29, 0.717) is 0 Å². The zero-order valence-corrected chi connectivity index (χ0v) is 15.2. The Morgan fingerprint density at radius 3 is 2.46 bits per heavy atom. The molecule has 24 heavy (non-hydrogen) atoms. The third-order valence-corrected chi connectivity index (χ3v) is 5.48. The summed E-state index contributed by atoms with van der Waals surface area (Å²) in [5, 5.41) is 0. The van der Waals surface area contributed by atoms with Crippen molar-refractivity contribution in [3.8, 4) is 0 Å². The summed E-state index contributed by atoms with van der Waals surface area (Å²) < 4.78 is 5.67. The Kier molecular flexibility index (Phi) is 3.97. The highest BCUT2D eigenvalue weighted by Crippen LogP contribution is 2.52. The highest BCUT2D eigenvalue weighted by Gasteiger charge is 2.60. The standard InChI is InChI=1S/C20H27NO3/c1-13-15-11-12-20(5,21(15)18(23)24-19(2,3)4)16(17(13)22)14-9-7-6-8-10-14/h6-10,13,15-16H,11-12H2,1-5H3/t13-,15+,16+,20-/m1/s1. The Balaban J connectivity index is 2.03. The monoisotopic (exact) mass is 329 g/mol. The maximum absolute atomic E-state index is 13.1. The minimum absolute atomic E-state index is 0.0580. The molecule has 1 aromatic rings. The van der Waals surface area contributed by atoms with E-state index >= 15 is 0 Å². The number of benzene rings is 1. The number of fused-ring (bicyclic) bond motifs is 2. The van der Waals surface area contributed by atoms with Gasteiger partial charge >= 0.3 is 6.09 Å². The molecule has 4 nitrogen and oxygen atoms in total. The first-order valence-electron chi connectivity index (χ1n) is 8.76. The number of Topliss-reactive ketones (excluding diaryl/α,β-unsaturated/α-hetero) is 1. The van der Waals surface area contributed by atoms with Crippen LogP contribution in [0.5, 0.6) is 0 Å². The first-order valence-corrected chi connectivity index (χ1v) is 8.76. The second kappa shape index (κ2) is 5.61. The lowest BCUT2D eigenvalue weighted by atomic mass is 9.71. The van der Waals surface area contributed by atoms with Gasteiger partial charge in [0.15, 0.2) is 0 Å². The molecule has 4 heteroatoms. The van der Waals surface area contributed by atoms with E-state index < -0.39 is 11.1 Å². The van der Waals surface area contributed by atoms with Crippen LogP contribution in [0.2, 0.25) is 0 Å². The average Bonchev–Trinajstić information content (AvgIpc) is 2.79. The van der Waals surface area contributed by atoms with Crippen molar-refractivity contribution in [1.82, 2.24) is 4.90 Å². The molecule has 0 aromatic heterocycles. The van der Waals surface area contributed by atoms with Gasteiger partial charge in [0.1, 0.15) is 11.4 Å². The lowest BCUT2D eigenvalue weighted by Gasteiger charge is -2.49. The number of carbonyl (C=O) groups excluding carboxylic acids is 2. The fourth-order valence-corrected chi connectivity index (χ4v) is 4.41. The van der Waals surface area contributed by atoms with Crippen LogP contribution in [0, 0.1) is 5.92 Å². The molecule has 2 fully saturated rings. The van der Waals surface area contributed by atoms with Crippen LogP contribution >= 0.6 is 0 Å². The van der Waals surface area contributed by atoms with Crippen LogP contribution in [0.25, 0.3) is 0 Å². The third kappa shape index (κ3) is 2.62. The van der Waals surface area contributed by atoms with Crippen LogP contribution in [0.1, 0.15) is 58.9 Å². The van der Waals surface area contributed by atoms with Crippen LogP contribution in [-0.4, -0.2) is 34.0 Å². The molecular formula is C20H27NO3. The van der Waals surface area contributed by atoms with Gasteiger partial charge in [-0.1, -0.05) is 37.3 Å². The van der Waals surface area contributed by atoms with Crippen molar-refractivity contribution in [2.45, 2.75) is 70.6 Å². The number of amides is 1. The zero-order valence-electron chi connectivity index (χ0n) is 15.2. The van der Waals surface area contributed by atoms with Crippen molar-refractivity contribution in [3.05, 3.63) is 35.9 Å². The zero-order chi connectivity index (χ0) is 17.7. The van der Waals surface area contributed by atoms with E-state index in [-0.39, 0.29) is 29.8 Å². The Labute approximate surface area is 144 Å². The van der Waals surface area contributed by atoms with Gasteiger partial charge in [-0.25, -0.2) is 4.79 Å². The van der Waals surface area contributed by atoms with Gasteiger partial charge in [0, 0.05) is 12.0 Å². The summed E-state index contributed by atoms with van der Waals surface area (Å²) in [5.74, 6) is -0.218. The van der Waals surface area contributed by atoms with Crippen LogP contribution in [0.3, 0.4) is 0 Å². The largest absolute Gasteiger partial charge is 0.444 e. The van der Waals surface area contributed by atoms with Gasteiger partial charge in [-0.15, -0.1) is 0 Å². The maximum atomic E-state index is 13.1. The number of ether oxygens (including phenoxy) is 1. The molecule has 0 radical (unpaired) electrons. The maximum Gasteiger partial charge on any atom is 0.411 e. The predicted molar refractivity (Wildman–Crippen MR) is 92.9 cm³/mol. The minimum atomic E-state index is -0.542. The van der Waals surface area contributed by atoms with Gasteiger partial charge in [-0.3, -0.25) is 9.69 Å². The highest BCUT2D eigenvalue weighted by atomic mass is 16.6. The van der Waals surface area contributed by atoms with E-state index in [0.717, 1.165) is 18.4 Å². The summed E-state index contributed by atoms with van der Waals surface area (Å²) >= 11 is 0. The van der Waals surface area contributed by atoms with Crippen LogP contribution < -0.4 is 0 Å². The van der Waals surface area contributed by atoms with E-state index in [9.17, 15) is 9.59 Å². The van der Waals surface area contributed by atoms with Crippen LogP contribution in [-0.2, 0) is 9.53 Å². The number of hydrogen-bond acceptors (Lipinski definition) is 3. The SMILES string of the molecule is C[C@H]1C(=O)[C@H](c2ccccc2)[C@@]2(C)CC[C@@H]1N2C(=O)OC(C)(C)C. The first-order chi connectivity index (χ1) is 11.1. The molecule has 0 N–H and O–H groups in total. The molecular weight excluding hydrogens is 302 g/mol. The molecule has 0 aliphatic carbocycles. The molecule has 0 saturated carbocycles. The fourth-order valence-electron chi connectivity index (χ4n) is 4.41. The van der Waals surface area contributed by atoms with E-state index in [4.69, 9.17) is 4.74 Å². The minimum Gasteiger partial charge on any atom is -0.444 e. The normalized spacial score (nSPS) is 32.8. The molecule has 2 aliphatic rings. The van der Waals surface area contributed by atoms with Gasteiger partial charge in [-0.2, -0.15) is 0 Å². The quantitative estimate of drug-likeness (QED) is 0.777. The van der Waals surface area contributed by atoms with Crippen molar-refractivity contribution < 1.29 is 14.3 Å². The summed E-state index contributed by atoms with van der Waals surface area (Å²) in [7, 11) is 0. The topological polar surface area (TPSA) is 46.6 Å². The summed E-state index contributed by atoms with van der Waals surface area (Å²) in [6.45, 7) is 9.62. The molecule has 2 aliphatic heterocycles. The molecule has 0 unspecified atom stereocenters. The number of hydrogen-bond donors (Lipinski definition) is 0. The van der Waals surface area contributed by atoms with Gasteiger partial charge in [-0.05, 0) is 46.1 Å². The lowest BCUT2D eigenvalue weighted by molar-refractivity contribution is -0.134. The Bertz CT molecular complexity index is 649. The number of ketones is 1. The molecule has 2 saturated heterocycles. The highest BCUT2D eigenvalue weighted by molar-refractivity contribution is 5.93. The summed E-state index contributed by atoms with van der Waals surface area (Å²) in [6, 6.07) is 9.78. The fraction of sp³-hybridized carbons (Fsp3) is 0.600. The number of rotatable bonds is 1. The Morgan fingerprint density at radius 1 is 1.25 bits per heavy atom. The van der Waals surface area contributed by atoms with Crippen molar-refractivity contribution in [2.24, 2.45) is 5.92 Å². The number of nitrogens with zero attached hydrogens (tertiary/aromatic N) is 1. The van der Waals surface area contributed by atoms with E-state index in [1.54, 1.807) is 0 Å².